The summed E-state index contributed by atoms with van der Waals surface area (Å²) in [7, 11) is -4.09. The number of aliphatic hydroxyl groups excluding tert-OH is 1. The highest BCUT2D eigenvalue weighted by Gasteiger charge is 2.55. The Bertz CT molecular complexity index is 461. The molecular weight excluding hydrogens is 304 g/mol. The van der Waals surface area contributed by atoms with Crippen molar-refractivity contribution in [3.8, 4) is 0 Å². The van der Waals surface area contributed by atoms with Crippen LogP contribution in [0.3, 0.4) is 0 Å². The van der Waals surface area contributed by atoms with Gasteiger partial charge in [-0.05, 0) is 36.5 Å². The van der Waals surface area contributed by atoms with Crippen LogP contribution in [0.5, 0.6) is 0 Å². The van der Waals surface area contributed by atoms with Crippen molar-refractivity contribution in [3.05, 3.63) is 0 Å². The number of aliphatic hydroxyl groups is 1. The van der Waals surface area contributed by atoms with E-state index in [1.807, 2.05) is 0 Å². The van der Waals surface area contributed by atoms with E-state index in [0.717, 1.165) is 10.7 Å². The number of hydrogen-bond acceptors (Lipinski definition) is 4. The molecule has 0 radical (unpaired) electrons. The van der Waals surface area contributed by atoms with E-state index >= 15 is 0 Å². The lowest BCUT2D eigenvalue weighted by Crippen LogP contribution is -2.59. The molecule has 0 aromatic carbocycles. The lowest BCUT2D eigenvalue weighted by molar-refractivity contribution is -0.156. The molecule has 0 amide bonds. The van der Waals surface area contributed by atoms with Gasteiger partial charge in [-0.3, -0.25) is 4.18 Å². The van der Waals surface area contributed by atoms with E-state index in [4.69, 9.17) is 0 Å². The highest BCUT2D eigenvalue weighted by molar-refractivity contribution is 7.84. The first-order valence-electron chi connectivity index (χ1n) is 7.29. The maximum atomic E-state index is 12.0. The van der Waals surface area contributed by atoms with Gasteiger partial charge in [-0.25, -0.2) is 8.78 Å². The molecule has 2 aliphatic rings. The quantitative estimate of drug-likeness (QED) is 0.833. The van der Waals surface area contributed by atoms with Crippen molar-refractivity contribution in [1.29, 1.82) is 0 Å². The van der Waals surface area contributed by atoms with Gasteiger partial charge >= 0.3 is 10.3 Å². The van der Waals surface area contributed by atoms with E-state index in [2.05, 4.69) is 18.0 Å². The SMILES string of the molecule is CC(C)C1CC2(CCN(S(=O)(=O)OCC(F)F)CC2)C1O. The van der Waals surface area contributed by atoms with E-state index in [1.54, 1.807) is 0 Å². The summed E-state index contributed by atoms with van der Waals surface area (Å²) in [5.74, 6) is 0.671. The molecule has 2 unspecified atom stereocenters. The van der Waals surface area contributed by atoms with Crippen molar-refractivity contribution in [3.63, 3.8) is 0 Å². The van der Waals surface area contributed by atoms with Crippen LogP contribution in [-0.2, 0) is 14.5 Å². The monoisotopic (exact) mass is 327 g/mol. The topological polar surface area (TPSA) is 66.8 Å². The molecule has 2 atom stereocenters. The molecule has 1 N–H and O–H groups in total. The van der Waals surface area contributed by atoms with Gasteiger partial charge in [0.2, 0.25) is 0 Å². The lowest BCUT2D eigenvalue weighted by Gasteiger charge is -2.57. The van der Waals surface area contributed by atoms with Crippen molar-refractivity contribution in [2.45, 2.75) is 45.6 Å². The zero-order valence-electron chi connectivity index (χ0n) is 12.3. The molecular formula is C13H23F2NO4S. The molecule has 8 heteroatoms. The van der Waals surface area contributed by atoms with E-state index in [0.29, 0.717) is 18.8 Å². The van der Waals surface area contributed by atoms with Crippen LogP contribution in [0.1, 0.15) is 33.1 Å². The van der Waals surface area contributed by atoms with E-state index in [1.165, 1.54) is 0 Å². The molecule has 1 aliphatic carbocycles. The zero-order valence-corrected chi connectivity index (χ0v) is 13.2. The number of piperidine rings is 1. The van der Waals surface area contributed by atoms with Crippen LogP contribution in [0.4, 0.5) is 8.78 Å². The van der Waals surface area contributed by atoms with E-state index < -0.39 is 29.4 Å². The Balaban J connectivity index is 1.89. The Kier molecular flexibility index (Phi) is 4.92. The van der Waals surface area contributed by atoms with Crippen LogP contribution in [0.2, 0.25) is 0 Å². The summed E-state index contributed by atoms with van der Waals surface area (Å²) >= 11 is 0. The summed E-state index contributed by atoms with van der Waals surface area (Å²) in [5, 5.41) is 10.3. The van der Waals surface area contributed by atoms with Crippen LogP contribution in [0, 0.1) is 17.3 Å². The minimum atomic E-state index is -4.09. The third-order valence-corrected chi connectivity index (χ3v) is 6.34. The second kappa shape index (κ2) is 6.06. The second-order valence-electron chi connectivity index (χ2n) is 6.45. The second-order valence-corrected chi connectivity index (χ2v) is 8.06. The molecule has 2 rings (SSSR count). The Morgan fingerprint density at radius 3 is 2.33 bits per heavy atom. The van der Waals surface area contributed by atoms with Gasteiger partial charge in [0.05, 0.1) is 6.10 Å². The number of alkyl halides is 2. The lowest BCUT2D eigenvalue weighted by atomic mass is 9.53. The number of hydrogen-bond donors (Lipinski definition) is 1. The Morgan fingerprint density at radius 2 is 1.90 bits per heavy atom. The predicted molar refractivity (Wildman–Crippen MR) is 73.1 cm³/mol. The van der Waals surface area contributed by atoms with Gasteiger partial charge in [-0.1, -0.05) is 13.8 Å². The standard InChI is InChI=1S/C13H23F2NO4S/c1-9(2)10-7-13(12(10)17)3-5-16(6-4-13)21(18,19)20-8-11(14)15/h9-12,17H,3-8H2,1-2H3. The molecule has 124 valence electrons. The summed E-state index contributed by atoms with van der Waals surface area (Å²) in [6.07, 6.45) is -1.21. The first-order chi connectivity index (χ1) is 9.68. The third kappa shape index (κ3) is 3.38. The van der Waals surface area contributed by atoms with Crippen molar-refractivity contribution in [2.75, 3.05) is 19.7 Å². The molecule has 1 spiro atoms. The average molecular weight is 327 g/mol. The first-order valence-corrected chi connectivity index (χ1v) is 8.65. The van der Waals surface area contributed by atoms with Gasteiger partial charge in [0.1, 0.15) is 6.61 Å². The van der Waals surface area contributed by atoms with Gasteiger partial charge < -0.3 is 5.11 Å². The molecule has 1 saturated carbocycles. The molecule has 0 aromatic heterocycles. The highest BCUT2D eigenvalue weighted by atomic mass is 32.2. The zero-order chi connectivity index (χ0) is 15.8. The average Bonchev–Trinajstić information content (AvgIpc) is 2.42. The van der Waals surface area contributed by atoms with Crippen LogP contribution in [0.15, 0.2) is 0 Å². The minimum Gasteiger partial charge on any atom is -0.392 e. The van der Waals surface area contributed by atoms with Crippen LogP contribution in [0.25, 0.3) is 0 Å². The maximum absolute atomic E-state index is 12.0. The Labute approximate surface area is 124 Å². The predicted octanol–water partition coefficient (Wildman–Crippen LogP) is 1.63. The molecule has 1 heterocycles. The van der Waals surface area contributed by atoms with Gasteiger partial charge in [-0.15, -0.1) is 0 Å². The fourth-order valence-corrected chi connectivity index (χ4v) is 4.52. The summed E-state index contributed by atoms with van der Waals surface area (Å²) in [6.45, 7) is 3.46. The maximum Gasteiger partial charge on any atom is 0.338 e. The summed E-state index contributed by atoms with van der Waals surface area (Å²) in [6, 6.07) is 0. The Hall–Kier alpha value is -0.310. The third-order valence-electron chi connectivity index (χ3n) is 4.91. The fourth-order valence-electron chi connectivity index (χ4n) is 3.46. The number of halogens is 2. The summed E-state index contributed by atoms with van der Waals surface area (Å²) in [4.78, 5) is 0. The van der Waals surface area contributed by atoms with Gasteiger partial charge in [0, 0.05) is 13.1 Å². The minimum absolute atomic E-state index is 0.205. The van der Waals surface area contributed by atoms with Crippen LogP contribution < -0.4 is 0 Å². The smallest absolute Gasteiger partial charge is 0.338 e. The molecule has 2 fully saturated rings. The highest BCUT2D eigenvalue weighted by Crippen LogP contribution is 2.55. The van der Waals surface area contributed by atoms with Gasteiger partial charge in [-0.2, -0.15) is 12.7 Å². The molecule has 21 heavy (non-hydrogen) atoms. The molecule has 1 saturated heterocycles. The molecule has 0 aromatic rings. The van der Waals surface area contributed by atoms with Crippen LogP contribution in [-0.4, -0.2) is 50.1 Å². The normalized spacial score (nSPS) is 30.0. The van der Waals surface area contributed by atoms with Gasteiger partial charge in [0.25, 0.3) is 6.43 Å². The summed E-state index contributed by atoms with van der Waals surface area (Å²) in [5.41, 5.74) is -0.205. The summed E-state index contributed by atoms with van der Waals surface area (Å²) < 4.78 is 53.1. The Morgan fingerprint density at radius 1 is 1.33 bits per heavy atom. The fraction of sp³-hybridized carbons (Fsp3) is 1.00. The molecule has 5 nitrogen and oxygen atoms in total. The number of nitrogens with zero attached hydrogens (tertiary/aromatic N) is 1. The van der Waals surface area contributed by atoms with E-state index in [-0.39, 0.29) is 24.4 Å². The van der Waals surface area contributed by atoms with Gasteiger partial charge in [0.15, 0.2) is 0 Å². The molecule has 0 bridgehead atoms. The first kappa shape index (κ1) is 17.1. The van der Waals surface area contributed by atoms with Crippen molar-refractivity contribution in [2.24, 2.45) is 17.3 Å². The van der Waals surface area contributed by atoms with Crippen molar-refractivity contribution < 1.29 is 26.5 Å². The molecule has 1 aliphatic heterocycles. The largest absolute Gasteiger partial charge is 0.392 e. The van der Waals surface area contributed by atoms with E-state index in [9.17, 15) is 22.3 Å². The van der Waals surface area contributed by atoms with Crippen molar-refractivity contribution >= 4 is 10.3 Å². The van der Waals surface area contributed by atoms with Crippen LogP contribution >= 0.6 is 0 Å². The number of rotatable bonds is 5. The van der Waals surface area contributed by atoms with Crippen molar-refractivity contribution in [1.82, 2.24) is 4.31 Å².